The number of hydrogen-bond donors (Lipinski definition) is 1. The van der Waals surface area contributed by atoms with E-state index in [0.29, 0.717) is 23.9 Å². The number of amides is 1. The molecule has 0 radical (unpaired) electrons. The summed E-state index contributed by atoms with van der Waals surface area (Å²) in [6.07, 6.45) is 6.53. The SMILES string of the molecule is COc1cccc(CNC(=O)C2CCCn3c(-c4cnccn4)nnc32)c1. The highest BCUT2D eigenvalue weighted by atomic mass is 16.5. The number of methoxy groups -OCH3 is 1. The van der Waals surface area contributed by atoms with Gasteiger partial charge in [-0.1, -0.05) is 12.1 Å². The molecule has 0 bridgehead atoms. The lowest BCUT2D eigenvalue weighted by Crippen LogP contribution is -2.33. The maximum absolute atomic E-state index is 12.8. The molecule has 0 saturated heterocycles. The van der Waals surface area contributed by atoms with Crippen LogP contribution in [0.1, 0.15) is 30.1 Å². The third-order valence-electron chi connectivity index (χ3n) is 4.68. The van der Waals surface area contributed by atoms with Crippen LogP contribution in [0, 0.1) is 0 Å². The van der Waals surface area contributed by atoms with E-state index < -0.39 is 0 Å². The molecule has 1 unspecified atom stereocenters. The molecule has 1 amide bonds. The normalized spacial score (nSPS) is 15.8. The molecule has 1 aliphatic rings. The van der Waals surface area contributed by atoms with Crippen LogP contribution in [0.15, 0.2) is 42.9 Å². The van der Waals surface area contributed by atoms with Crippen LogP contribution in [0.5, 0.6) is 5.75 Å². The van der Waals surface area contributed by atoms with Crippen LogP contribution in [0.2, 0.25) is 0 Å². The Labute approximate surface area is 156 Å². The van der Waals surface area contributed by atoms with Gasteiger partial charge >= 0.3 is 0 Å². The van der Waals surface area contributed by atoms with Crippen LogP contribution in [0.25, 0.3) is 11.5 Å². The number of rotatable bonds is 5. The van der Waals surface area contributed by atoms with Crippen molar-refractivity contribution >= 4 is 5.91 Å². The zero-order valence-electron chi connectivity index (χ0n) is 15.0. The molecule has 8 heteroatoms. The summed E-state index contributed by atoms with van der Waals surface area (Å²) in [7, 11) is 1.63. The summed E-state index contributed by atoms with van der Waals surface area (Å²) in [6.45, 7) is 1.21. The molecule has 1 aromatic carbocycles. The average molecular weight is 364 g/mol. The summed E-state index contributed by atoms with van der Waals surface area (Å²) in [5, 5.41) is 11.5. The van der Waals surface area contributed by atoms with Crippen LogP contribution < -0.4 is 10.1 Å². The van der Waals surface area contributed by atoms with E-state index in [1.165, 1.54) is 0 Å². The zero-order chi connectivity index (χ0) is 18.6. The number of ether oxygens (including phenoxy) is 1. The summed E-state index contributed by atoms with van der Waals surface area (Å²) in [6, 6.07) is 7.65. The second-order valence-corrected chi connectivity index (χ2v) is 6.39. The molecule has 2 aromatic heterocycles. The van der Waals surface area contributed by atoms with Crippen molar-refractivity contribution in [1.82, 2.24) is 30.0 Å². The highest BCUT2D eigenvalue weighted by molar-refractivity contribution is 5.83. The molecule has 1 aliphatic heterocycles. The molecule has 3 aromatic rings. The standard InChI is InChI=1S/C19H20N6O2/c1-27-14-5-2-4-13(10-14)11-22-19(26)15-6-3-9-25-17(15)23-24-18(25)16-12-20-7-8-21-16/h2,4-5,7-8,10,12,15H,3,6,9,11H2,1H3,(H,22,26). The van der Waals surface area contributed by atoms with Crippen LogP contribution in [0.4, 0.5) is 0 Å². The molecule has 8 nitrogen and oxygen atoms in total. The van der Waals surface area contributed by atoms with Crippen molar-refractivity contribution in [3.8, 4) is 17.3 Å². The van der Waals surface area contributed by atoms with Gasteiger partial charge in [0.2, 0.25) is 5.91 Å². The van der Waals surface area contributed by atoms with Crippen molar-refractivity contribution in [3.63, 3.8) is 0 Å². The first-order chi connectivity index (χ1) is 13.3. The predicted molar refractivity (Wildman–Crippen MR) is 97.9 cm³/mol. The van der Waals surface area contributed by atoms with Gasteiger partial charge in [0.15, 0.2) is 5.82 Å². The summed E-state index contributed by atoms with van der Waals surface area (Å²) >= 11 is 0. The fraction of sp³-hybridized carbons (Fsp3) is 0.316. The number of benzene rings is 1. The van der Waals surface area contributed by atoms with E-state index >= 15 is 0 Å². The average Bonchev–Trinajstić information content (AvgIpc) is 3.17. The molecule has 0 spiro atoms. The molecular weight excluding hydrogens is 344 g/mol. The minimum absolute atomic E-state index is 0.0446. The van der Waals surface area contributed by atoms with Crippen molar-refractivity contribution < 1.29 is 9.53 Å². The van der Waals surface area contributed by atoms with Crippen LogP contribution in [0.3, 0.4) is 0 Å². The quantitative estimate of drug-likeness (QED) is 0.743. The lowest BCUT2D eigenvalue weighted by atomic mass is 9.97. The Hall–Kier alpha value is -3.29. The second kappa shape index (κ2) is 7.53. The Morgan fingerprint density at radius 1 is 1.33 bits per heavy atom. The smallest absolute Gasteiger partial charge is 0.231 e. The Morgan fingerprint density at radius 2 is 2.26 bits per heavy atom. The zero-order valence-corrected chi connectivity index (χ0v) is 15.0. The third-order valence-corrected chi connectivity index (χ3v) is 4.68. The Bertz CT molecular complexity index is 940. The number of nitrogens with zero attached hydrogens (tertiary/aromatic N) is 5. The van der Waals surface area contributed by atoms with Gasteiger partial charge in [-0.3, -0.25) is 9.78 Å². The van der Waals surface area contributed by atoms with Crippen molar-refractivity contribution in [2.24, 2.45) is 0 Å². The van der Waals surface area contributed by atoms with Crippen LogP contribution >= 0.6 is 0 Å². The van der Waals surface area contributed by atoms with Gasteiger partial charge in [-0.2, -0.15) is 0 Å². The molecule has 3 heterocycles. The van der Waals surface area contributed by atoms with Crippen molar-refractivity contribution in [1.29, 1.82) is 0 Å². The second-order valence-electron chi connectivity index (χ2n) is 6.39. The summed E-state index contributed by atoms with van der Waals surface area (Å²) in [4.78, 5) is 21.2. The summed E-state index contributed by atoms with van der Waals surface area (Å²) in [5.41, 5.74) is 1.65. The minimum Gasteiger partial charge on any atom is -0.497 e. The Balaban J connectivity index is 1.51. The molecule has 138 valence electrons. The molecule has 1 atom stereocenters. The molecule has 1 N–H and O–H groups in total. The first kappa shape index (κ1) is 17.1. The lowest BCUT2D eigenvalue weighted by Gasteiger charge is -2.22. The largest absolute Gasteiger partial charge is 0.497 e. The predicted octanol–water partition coefficient (Wildman–Crippen LogP) is 1.94. The van der Waals surface area contributed by atoms with Gasteiger partial charge in [0.1, 0.15) is 17.3 Å². The number of nitrogens with one attached hydrogen (secondary N) is 1. The molecule has 0 aliphatic carbocycles. The van der Waals surface area contributed by atoms with Crippen molar-refractivity contribution in [3.05, 3.63) is 54.2 Å². The Morgan fingerprint density at radius 3 is 3.07 bits per heavy atom. The summed E-state index contributed by atoms with van der Waals surface area (Å²) in [5.74, 6) is 1.75. The van der Waals surface area contributed by atoms with Crippen LogP contribution in [-0.4, -0.2) is 37.7 Å². The van der Waals surface area contributed by atoms with Crippen molar-refractivity contribution in [2.45, 2.75) is 31.8 Å². The molecule has 0 fully saturated rings. The van der Waals surface area contributed by atoms with E-state index in [2.05, 4.69) is 25.5 Å². The Kier molecular flexibility index (Phi) is 4.78. The van der Waals surface area contributed by atoms with Gasteiger partial charge in [0.05, 0.1) is 19.2 Å². The fourth-order valence-electron chi connectivity index (χ4n) is 3.32. The highest BCUT2D eigenvalue weighted by Crippen LogP contribution is 2.29. The maximum Gasteiger partial charge on any atom is 0.231 e. The minimum atomic E-state index is -0.317. The van der Waals surface area contributed by atoms with Gasteiger partial charge in [-0.05, 0) is 30.5 Å². The van der Waals surface area contributed by atoms with E-state index in [9.17, 15) is 4.79 Å². The number of aromatic nitrogens is 5. The first-order valence-corrected chi connectivity index (χ1v) is 8.86. The van der Waals surface area contributed by atoms with Crippen molar-refractivity contribution in [2.75, 3.05) is 7.11 Å². The van der Waals surface area contributed by atoms with E-state index in [0.717, 1.165) is 30.7 Å². The van der Waals surface area contributed by atoms with Crippen LogP contribution in [-0.2, 0) is 17.9 Å². The third kappa shape index (κ3) is 3.51. The number of carbonyl (C=O) groups is 1. The van der Waals surface area contributed by atoms with Gasteiger partial charge in [-0.15, -0.1) is 10.2 Å². The summed E-state index contributed by atoms with van der Waals surface area (Å²) < 4.78 is 7.20. The van der Waals surface area contributed by atoms with Gasteiger partial charge in [0, 0.05) is 25.5 Å². The van der Waals surface area contributed by atoms with Gasteiger partial charge in [-0.25, -0.2) is 4.98 Å². The molecule has 27 heavy (non-hydrogen) atoms. The fourth-order valence-corrected chi connectivity index (χ4v) is 3.32. The highest BCUT2D eigenvalue weighted by Gasteiger charge is 2.31. The maximum atomic E-state index is 12.8. The van der Waals surface area contributed by atoms with Gasteiger partial charge < -0.3 is 14.6 Å². The monoisotopic (exact) mass is 364 g/mol. The molecule has 0 saturated carbocycles. The number of carbonyl (C=O) groups excluding carboxylic acids is 1. The first-order valence-electron chi connectivity index (χ1n) is 8.86. The van der Waals surface area contributed by atoms with Gasteiger partial charge in [0.25, 0.3) is 0 Å². The topological polar surface area (TPSA) is 94.8 Å². The van der Waals surface area contributed by atoms with E-state index in [-0.39, 0.29) is 11.8 Å². The van der Waals surface area contributed by atoms with E-state index in [1.807, 2.05) is 28.8 Å². The van der Waals surface area contributed by atoms with E-state index in [1.54, 1.807) is 25.7 Å². The van der Waals surface area contributed by atoms with E-state index in [4.69, 9.17) is 4.74 Å². The number of hydrogen-bond acceptors (Lipinski definition) is 6. The molecule has 4 rings (SSSR count). The number of fused-ring (bicyclic) bond motifs is 1. The molecular formula is C19H20N6O2. The lowest BCUT2D eigenvalue weighted by molar-refractivity contribution is -0.123.